The van der Waals surface area contributed by atoms with Gasteiger partial charge in [-0.15, -0.1) is 10.2 Å². The maximum Gasteiger partial charge on any atom is 0.275 e. The van der Waals surface area contributed by atoms with E-state index in [4.69, 9.17) is 4.42 Å². The van der Waals surface area contributed by atoms with Crippen LogP contribution in [-0.2, 0) is 0 Å². The Labute approximate surface area is 87.3 Å². The van der Waals surface area contributed by atoms with Gasteiger partial charge in [0.05, 0.1) is 6.26 Å². The number of nitrogens with zero attached hydrogens (tertiary/aromatic N) is 3. The summed E-state index contributed by atoms with van der Waals surface area (Å²) in [6.07, 6.45) is 4.67. The first kappa shape index (κ1) is 8.37. The largest absolute Gasteiger partial charge is 0.465 e. The molecule has 0 amide bonds. The van der Waals surface area contributed by atoms with Crippen molar-refractivity contribution in [2.45, 2.75) is 0 Å². The van der Waals surface area contributed by atoms with E-state index >= 15 is 0 Å². The zero-order chi connectivity index (χ0) is 10.3. The van der Waals surface area contributed by atoms with Gasteiger partial charge in [0, 0.05) is 6.08 Å². The number of furan rings is 1. The van der Waals surface area contributed by atoms with Crippen LogP contribution < -0.4 is 10.1 Å². The van der Waals surface area contributed by atoms with Gasteiger partial charge in [0.25, 0.3) is 5.56 Å². The van der Waals surface area contributed by atoms with Crippen molar-refractivity contribution in [1.82, 2.24) is 14.6 Å². The standard InChI is InChI=1S/C9H5N3O2S/c13-8-7(4-6-2-1-3-14-6)15-9-11-10-5-12(8)9/h1-5H. The maximum atomic E-state index is 11.7. The van der Waals surface area contributed by atoms with Crippen molar-refractivity contribution in [1.29, 1.82) is 0 Å². The van der Waals surface area contributed by atoms with Crippen LogP contribution in [0.2, 0.25) is 0 Å². The molecule has 0 saturated heterocycles. The summed E-state index contributed by atoms with van der Waals surface area (Å²) in [6.45, 7) is 0. The second-order valence-corrected chi connectivity index (χ2v) is 3.92. The molecule has 5 nitrogen and oxygen atoms in total. The van der Waals surface area contributed by atoms with Gasteiger partial charge in [0.1, 0.15) is 16.6 Å². The first-order valence-corrected chi connectivity index (χ1v) is 5.04. The zero-order valence-corrected chi connectivity index (χ0v) is 8.27. The molecule has 0 N–H and O–H groups in total. The normalized spacial score (nSPS) is 12.7. The predicted octanol–water partition coefficient (Wildman–Crippen LogP) is 0.292. The van der Waals surface area contributed by atoms with E-state index in [9.17, 15) is 4.79 Å². The van der Waals surface area contributed by atoms with E-state index in [0.717, 1.165) is 0 Å². The molecule has 0 aromatic carbocycles. The fourth-order valence-corrected chi connectivity index (χ4v) is 2.16. The van der Waals surface area contributed by atoms with Crippen molar-refractivity contribution < 1.29 is 4.42 Å². The molecule has 0 atom stereocenters. The number of hydrogen-bond acceptors (Lipinski definition) is 5. The molecule has 0 aliphatic rings. The molecule has 15 heavy (non-hydrogen) atoms. The number of rotatable bonds is 1. The van der Waals surface area contributed by atoms with Crippen LogP contribution in [0.25, 0.3) is 11.0 Å². The lowest BCUT2D eigenvalue weighted by Crippen LogP contribution is -2.22. The Balaban J connectivity index is 2.32. The van der Waals surface area contributed by atoms with Crippen LogP contribution in [0, 0.1) is 0 Å². The molecule has 0 saturated carbocycles. The maximum absolute atomic E-state index is 11.7. The first-order chi connectivity index (χ1) is 7.34. The van der Waals surface area contributed by atoms with Gasteiger partial charge in [-0.05, 0) is 12.1 Å². The highest BCUT2D eigenvalue weighted by Crippen LogP contribution is 2.02. The number of thiazole rings is 1. The van der Waals surface area contributed by atoms with Crippen molar-refractivity contribution in [3.05, 3.63) is 45.4 Å². The topological polar surface area (TPSA) is 60.4 Å². The number of hydrogen-bond donors (Lipinski definition) is 0. The van der Waals surface area contributed by atoms with Crippen LogP contribution in [-0.4, -0.2) is 14.6 Å². The van der Waals surface area contributed by atoms with Crippen molar-refractivity contribution in [2.24, 2.45) is 0 Å². The fraction of sp³-hybridized carbons (Fsp3) is 0. The quantitative estimate of drug-likeness (QED) is 0.590. The van der Waals surface area contributed by atoms with E-state index in [0.29, 0.717) is 15.3 Å². The summed E-state index contributed by atoms with van der Waals surface area (Å²) >= 11 is 1.29. The molecule has 0 bridgehead atoms. The predicted molar refractivity (Wildman–Crippen MR) is 54.6 cm³/mol. The SMILES string of the molecule is O=c1c(=Cc2ccco2)sc2nncn12. The molecular formula is C9H5N3O2S. The van der Waals surface area contributed by atoms with E-state index in [2.05, 4.69) is 10.2 Å². The third kappa shape index (κ3) is 1.26. The van der Waals surface area contributed by atoms with Crippen molar-refractivity contribution in [3.8, 4) is 0 Å². The average Bonchev–Trinajstić information content (AvgIpc) is 2.89. The van der Waals surface area contributed by atoms with Crippen molar-refractivity contribution >= 4 is 22.4 Å². The van der Waals surface area contributed by atoms with Gasteiger partial charge >= 0.3 is 0 Å². The second-order valence-electron chi connectivity index (χ2n) is 2.91. The highest BCUT2D eigenvalue weighted by Gasteiger charge is 2.04. The van der Waals surface area contributed by atoms with Gasteiger partial charge in [-0.1, -0.05) is 11.3 Å². The molecule has 0 unspecified atom stereocenters. The average molecular weight is 219 g/mol. The third-order valence-electron chi connectivity index (χ3n) is 1.96. The summed E-state index contributed by atoms with van der Waals surface area (Å²) in [7, 11) is 0. The molecule has 6 heteroatoms. The summed E-state index contributed by atoms with van der Waals surface area (Å²) in [6, 6.07) is 3.57. The summed E-state index contributed by atoms with van der Waals surface area (Å²) < 4.78 is 7.14. The Bertz CT molecular complexity index is 695. The van der Waals surface area contributed by atoms with Gasteiger partial charge in [-0.3, -0.25) is 4.79 Å². The molecule has 0 radical (unpaired) electrons. The van der Waals surface area contributed by atoms with Gasteiger partial charge < -0.3 is 4.42 Å². The van der Waals surface area contributed by atoms with E-state index in [-0.39, 0.29) is 5.56 Å². The molecule has 3 heterocycles. The number of aromatic nitrogens is 3. The molecule has 3 rings (SSSR count). The minimum Gasteiger partial charge on any atom is -0.465 e. The molecule has 0 aliphatic heterocycles. The summed E-state index contributed by atoms with van der Waals surface area (Å²) in [5.74, 6) is 0.657. The van der Waals surface area contributed by atoms with Crippen LogP contribution in [0.15, 0.2) is 33.9 Å². The highest BCUT2D eigenvalue weighted by atomic mass is 32.1. The van der Waals surface area contributed by atoms with Crippen LogP contribution >= 0.6 is 11.3 Å². The smallest absolute Gasteiger partial charge is 0.275 e. The van der Waals surface area contributed by atoms with Gasteiger partial charge in [0.2, 0.25) is 4.96 Å². The van der Waals surface area contributed by atoms with Gasteiger partial charge in [0.15, 0.2) is 0 Å². The minimum absolute atomic E-state index is 0.114. The first-order valence-electron chi connectivity index (χ1n) is 4.22. The summed E-state index contributed by atoms with van der Waals surface area (Å²) in [4.78, 5) is 12.3. The second kappa shape index (κ2) is 3.03. The lowest BCUT2D eigenvalue weighted by Gasteiger charge is -1.78. The highest BCUT2D eigenvalue weighted by molar-refractivity contribution is 7.15. The third-order valence-corrected chi connectivity index (χ3v) is 2.94. The molecular weight excluding hydrogens is 214 g/mol. The van der Waals surface area contributed by atoms with E-state index in [1.165, 1.54) is 22.1 Å². The Hall–Kier alpha value is -1.95. The molecule has 3 aromatic heterocycles. The van der Waals surface area contributed by atoms with Crippen LogP contribution in [0.5, 0.6) is 0 Å². The van der Waals surface area contributed by atoms with E-state index in [1.54, 1.807) is 24.5 Å². The van der Waals surface area contributed by atoms with Gasteiger partial charge in [-0.2, -0.15) is 0 Å². The van der Waals surface area contributed by atoms with E-state index in [1.807, 2.05) is 0 Å². The Morgan fingerprint density at radius 1 is 1.53 bits per heavy atom. The lowest BCUT2D eigenvalue weighted by atomic mass is 10.4. The Morgan fingerprint density at radius 2 is 2.47 bits per heavy atom. The van der Waals surface area contributed by atoms with Crippen molar-refractivity contribution in [3.63, 3.8) is 0 Å². The van der Waals surface area contributed by atoms with Gasteiger partial charge in [-0.25, -0.2) is 4.40 Å². The summed E-state index contributed by atoms with van der Waals surface area (Å²) in [5.41, 5.74) is -0.114. The zero-order valence-electron chi connectivity index (χ0n) is 7.45. The molecule has 0 spiro atoms. The lowest BCUT2D eigenvalue weighted by molar-refractivity contribution is 0.556. The monoisotopic (exact) mass is 219 g/mol. The Morgan fingerprint density at radius 3 is 3.20 bits per heavy atom. The molecule has 3 aromatic rings. The number of fused-ring (bicyclic) bond motifs is 1. The Kier molecular flexibility index (Phi) is 1.69. The molecule has 74 valence electrons. The summed E-state index contributed by atoms with van der Waals surface area (Å²) in [5, 5.41) is 7.46. The fourth-order valence-electron chi connectivity index (χ4n) is 1.29. The van der Waals surface area contributed by atoms with Crippen LogP contribution in [0.3, 0.4) is 0 Å². The van der Waals surface area contributed by atoms with Crippen LogP contribution in [0.1, 0.15) is 5.76 Å². The minimum atomic E-state index is -0.114. The molecule has 0 aliphatic carbocycles. The van der Waals surface area contributed by atoms with Crippen molar-refractivity contribution in [2.75, 3.05) is 0 Å². The molecule has 0 fully saturated rings. The van der Waals surface area contributed by atoms with E-state index < -0.39 is 0 Å². The van der Waals surface area contributed by atoms with Crippen LogP contribution in [0.4, 0.5) is 0 Å².